The third-order valence-electron chi connectivity index (χ3n) is 3.43. The molecule has 0 aromatic heterocycles. The van der Waals surface area contributed by atoms with Gasteiger partial charge in [0.15, 0.2) is 11.5 Å². The maximum atomic E-state index is 11.8. The number of benzene rings is 2. The number of methoxy groups -OCH3 is 1. The van der Waals surface area contributed by atoms with Gasteiger partial charge in [0.1, 0.15) is 0 Å². The average molecular weight is 328 g/mol. The molecule has 0 aliphatic carbocycles. The molecular weight excluding hydrogens is 308 g/mol. The highest BCUT2D eigenvalue weighted by molar-refractivity contribution is 6.01. The van der Waals surface area contributed by atoms with Gasteiger partial charge >= 0.3 is 0 Å². The van der Waals surface area contributed by atoms with Crippen LogP contribution in [0.25, 0.3) is 0 Å². The average Bonchev–Trinajstić information content (AvgIpc) is 2.56. The monoisotopic (exact) mass is 328 g/mol. The molecule has 6 nitrogen and oxygen atoms in total. The van der Waals surface area contributed by atoms with Gasteiger partial charge in [-0.05, 0) is 42.3 Å². The Balaban J connectivity index is 1.92. The van der Waals surface area contributed by atoms with Gasteiger partial charge in [0.05, 0.1) is 24.6 Å². The Bertz CT molecular complexity index is 744. The van der Waals surface area contributed by atoms with Gasteiger partial charge in [-0.2, -0.15) is 0 Å². The van der Waals surface area contributed by atoms with Crippen LogP contribution >= 0.6 is 0 Å². The fourth-order valence-electron chi connectivity index (χ4n) is 2.14. The molecule has 24 heavy (non-hydrogen) atoms. The second-order valence-corrected chi connectivity index (χ2v) is 5.16. The van der Waals surface area contributed by atoms with Crippen LogP contribution in [0.2, 0.25) is 0 Å². The molecule has 2 aromatic carbocycles. The summed E-state index contributed by atoms with van der Waals surface area (Å²) >= 11 is 0. The van der Waals surface area contributed by atoms with E-state index < -0.39 is 6.10 Å². The number of hydrogen-bond acceptors (Lipinski definition) is 5. The van der Waals surface area contributed by atoms with Crippen LogP contribution in [0.5, 0.6) is 11.5 Å². The summed E-state index contributed by atoms with van der Waals surface area (Å²) < 4.78 is 4.95. The highest BCUT2D eigenvalue weighted by Gasteiger charge is 2.09. The Morgan fingerprint density at radius 3 is 2.75 bits per heavy atom. The molecule has 126 valence electrons. The third-order valence-corrected chi connectivity index (χ3v) is 3.43. The summed E-state index contributed by atoms with van der Waals surface area (Å²) in [6.07, 6.45) is 2.27. The van der Waals surface area contributed by atoms with Gasteiger partial charge < -0.3 is 26.0 Å². The molecule has 2 rings (SSSR count). The minimum atomic E-state index is -0.840. The maximum absolute atomic E-state index is 11.8. The van der Waals surface area contributed by atoms with E-state index >= 15 is 0 Å². The number of carbonyl (C=O) groups is 1. The SMILES string of the molecule is COc1ccc([C@@H](O)C/C=C/C(=O)Nc2ccccc2N)cc1O. The van der Waals surface area contributed by atoms with E-state index in [0.29, 0.717) is 22.7 Å². The van der Waals surface area contributed by atoms with Crippen molar-refractivity contribution in [3.63, 3.8) is 0 Å². The lowest BCUT2D eigenvalue weighted by Gasteiger charge is -2.11. The van der Waals surface area contributed by atoms with Crippen molar-refractivity contribution in [2.45, 2.75) is 12.5 Å². The summed E-state index contributed by atoms with van der Waals surface area (Å²) in [4.78, 5) is 11.8. The summed E-state index contributed by atoms with van der Waals surface area (Å²) in [5, 5.41) is 22.5. The van der Waals surface area contributed by atoms with Gasteiger partial charge in [0.2, 0.25) is 5.91 Å². The van der Waals surface area contributed by atoms with Gasteiger partial charge in [0.25, 0.3) is 0 Å². The van der Waals surface area contributed by atoms with E-state index in [9.17, 15) is 15.0 Å². The Labute approximate surface area is 140 Å². The molecule has 5 N–H and O–H groups in total. The number of rotatable bonds is 6. The van der Waals surface area contributed by atoms with E-state index in [-0.39, 0.29) is 18.1 Å². The number of aliphatic hydroxyl groups is 1. The molecule has 0 spiro atoms. The number of anilines is 2. The fraction of sp³-hybridized carbons (Fsp3) is 0.167. The first-order valence-electron chi connectivity index (χ1n) is 7.38. The number of aliphatic hydroxyl groups excluding tert-OH is 1. The number of amides is 1. The van der Waals surface area contributed by atoms with E-state index in [2.05, 4.69) is 5.32 Å². The highest BCUT2D eigenvalue weighted by Crippen LogP contribution is 2.29. The maximum Gasteiger partial charge on any atom is 0.248 e. The van der Waals surface area contributed by atoms with Crippen LogP contribution in [0.4, 0.5) is 11.4 Å². The fourth-order valence-corrected chi connectivity index (χ4v) is 2.14. The van der Waals surface area contributed by atoms with E-state index in [1.807, 2.05) is 0 Å². The first-order chi connectivity index (χ1) is 11.5. The molecule has 0 heterocycles. The van der Waals surface area contributed by atoms with Crippen LogP contribution in [0.3, 0.4) is 0 Å². The van der Waals surface area contributed by atoms with Crippen molar-refractivity contribution in [2.75, 3.05) is 18.2 Å². The smallest absolute Gasteiger partial charge is 0.248 e. The second-order valence-electron chi connectivity index (χ2n) is 5.16. The molecule has 0 aliphatic rings. The molecular formula is C18H20N2O4. The Hall–Kier alpha value is -2.99. The highest BCUT2D eigenvalue weighted by atomic mass is 16.5. The number of ether oxygens (including phenoxy) is 1. The number of para-hydroxylation sites is 2. The van der Waals surface area contributed by atoms with Crippen molar-refractivity contribution < 1.29 is 19.7 Å². The lowest BCUT2D eigenvalue weighted by molar-refractivity contribution is -0.111. The quantitative estimate of drug-likeness (QED) is 0.482. The Morgan fingerprint density at radius 2 is 2.08 bits per heavy atom. The summed E-state index contributed by atoms with van der Waals surface area (Å²) in [6, 6.07) is 11.6. The summed E-state index contributed by atoms with van der Waals surface area (Å²) in [5.41, 5.74) is 7.29. The molecule has 1 amide bonds. The zero-order valence-corrected chi connectivity index (χ0v) is 13.3. The van der Waals surface area contributed by atoms with Crippen LogP contribution in [0.1, 0.15) is 18.1 Å². The molecule has 0 saturated carbocycles. The van der Waals surface area contributed by atoms with Crippen molar-refractivity contribution in [2.24, 2.45) is 0 Å². The molecule has 0 aliphatic heterocycles. The van der Waals surface area contributed by atoms with Crippen molar-refractivity contribution in [3.05, 3.63) is 60.2 Å². The molecule has 0 bridgehead atoms. The summed E-state index contributed by atoms with van der Waals surface area (Å²) in [7, 11) is 1.45. The van der Waals surface area contributed by atoms with Crippen molar-refractivity contribution in [1.29, 1.82) is 0 Å². The predicted octanol–water partition coefficient (Wildman–Crippen LogP) is 2.60. The zero-order chi connectivity index (χ0) is 17.5. The van der Waals surface area contributed by atoms with Crippen LogP contribution < -0.4 is 15.8 Å². The first-order valence-corrected chi connectivity index (χ1v) is 7.38. The number of phenolic OH excluding ortho intramolecular Hbond substituents is 1. The van der Waals surface area contributed by atoms with Gasteiger partial charge in [0, 0.05) is 0 Å². The second kappa shape index (κ2) is 8.03. The van der Waals surface area contributed by atoms with Gasteiger partial charge in [-0.3, -0.25) is 4.79 Å². The number of carbonyl (C=O) groups excluding carboxylic acids is 1. The van der Waals surface area contributed by atoms with Crippen molar-refractivity contribution in [3.8, 4) is 11.5 Å². The van der Waals surface area contributed by atoms with E-state index in [0.717, 1.165) is 0 Å². The normalized spacial score (nSPS) is 12.1. The largest absolute Gasteiger partial charge is 0.504 e. The summed E-state index contributed by atoms with van der Waals surface area (Å²) in [5.74, 6) is -0.0469. The van der Waals surface area contributed by atoms with Crippen molar-refractivity contribution in [1.82, 2.24) is 0 Å². The molecule has 1 atom stereocenters. The third kappa shape index (κ3) is 4.50. The topological polar surface area (TPSA) is 105 Å². The minimum Gasteiger partial charge on any atom is -0.504 e. The number of nitrogen functional groups attached to an aromatic ring is 1. The standard InChI is InChI=1S/C18H20N2O4/c1-24-17-10-9-12(11-16(17)22)15(21)7-4-8-18(23)20-14-6-3-2-5-13(14)19/h2-6,8-11,15,21-22H,7,19H2,1H3,(H,20,23)/b8-4+/t15-/m0/s1. The molecule has 0 saturated heterocycles. The number of hydrogen-bond donors (Lipinski definition) is 4. The Kier molecular flexibility index (Phi) is 5.81. The molecule has 6 heteroatoms. The number of phenols is 1. The lowest BCUT2D eigenvalue weighted by Crippen LogP contribution is -2.09. The van der Waals surface area contributed by atoms with Crippen LogP contribution in [-0.2, 0) is 4.79 Å². The predicted molar refractivity (Wildman–Crippen MR) is 92.9 cm³/mol. The van der Waals surface area contributed by atoms with Gasteiger partial charge in [-0.15, -0.1) is 0 Å². The molecule has 0 radical (unpaired) electrons. The number of nitrogens with one attached hydrogen (secondary N) is 1. The van der Waals surface area contributed by atoms with Crippen LogP contribution in [0, 0.1) is 0 Å². The Morgan fingerprint density at radius 1 is 1.33 bits per heavy atom. The van der Waals surface area contributed by atoms with E-state index in [4.69, 9.17) is 10.5 Å². The zero-order valence-electron chi connectivity index (χ0n) is 13.3. The van der Waals surface area contributed by atoms with Crippen molar-refractivity contribution >= 4 is 17.3 Å². The molecule has 2 aromatic rings. The molecule has 0 fully saturated rings. The summed E-state index contributed by atoms with van der Waals surface area (Å²) in [6.45, 7) is 0. The van der Waals surface area contributed by atoms with Gasteiger partial charge in [-0.1, -0.05) is 24.3 Å². The minimum absolute atomic E-state index is 0.0460. The van der Waals surface area contributed by atoms with E-state index in [1.165, 1.54) is 19.3 Å². The van der Waals surface area contributed by atoms with Gasteiger partial charge in [-0.25, -0.2) is 0 Å². The number of aromatic hydroxyl groups is 1. The first kappa shape index (κ1) is 17.4. The van der Waals surface area contributed by atoms with E-state index in [1.54, 1.807) is 42.5 Å². The van der Waals surface area contributed by atoms with Crippen LogP contribution in [0.15, 0.2) is 54.6 Å². The molecule has 0 unspecified atom stereocenters. The number of nitrogens with two attached hydrogens (primary N) is 1. The lowest BCUT2D eigenvalue weighted by atomic mass is 10.1. The van der Waals surface area contributed by atoms with Crippen LogP contribution in [-0.4, -0.2) is 23.2 Å².